The highest BCUT2D eigenvalue weighted by molar-refractivity contribution is 7.89. The second-order valence-electron chi connectivity index (χ2n) is 4.66. The summed E-state index contributed by atoms with van der Waals surface area (Å²) in [6.07, 6.45) is 1.64. The minimum atomic E-state index is -3.69. The van der Waals surface area contributed by atoms with Crippen molar-refractivity contribution in [3.8, 4) is 0 Å². The van der Waals surface area contributed by atoms with Crippen LogP contribution in [0.5, 0.6) is 0 Å². The van der Waals surface area contributed by atoms with Crippen molar-refractivity contribution in [3.63, 3.8) is 0 Å². The lowest BCUT2D eigenvalue weighted by molar-refractivity contribution is 0.309. The van der Waals surface area contributed by atoms with Gasteiger partial charge in [0.1, 0.15) is 5.65 Å². The molecule has 0 atom stereocenters. The van der Waals surface area contributed by atoms with E-state index < -0.39 is 10.0 Å². The van der Waals surface area contributed by atoms with E-state index in [1.165, 1.54) is 4.40 Å². The second kappa shape index (κ2) is 6.42. The number of nitrogens with zero attached hydrogens (tertiary/aromatic N) is 3. The number of imidazole rings is 1. The van der Waals surface area contributed by atoms with Crippen molar-refractivity contribution in [2.24, 2.45) is 0 Å². The molecule has 2 aromatic rings. The van der Waals surface area contributed by atoms with Crippen LogP contribution >= 0.6 is 0 Å². The second-order valence-corrected chi connectivity index (χ2v) is 6.34. The predicted molar refractivity (Wildman–Crippen MR) is 82.6 cm³/mol. The minimum Gasteiger partial charge on any atom is -0.381 e. The molecule has 0 unspecified atom stereocenters. The summed E-state index contributed by atoms with van der Waals surface area (Å²) in [5.41, 5.74) is 6.27. The summed E-state index contributed by atoms with van der Waals surface area (Å²) in [4.78, 5) is 6.21. The first kappa shape index (κ1) is 15.7. The number of nitrogen functional groups attached to an aromatic ring is 1. The van der Waals surface area contributed by atoms with Crippen LogP contribution in [-0.2, 0) is 10.0 Å². The Morgan fingerprint density at radius 1 is 1.33 bits per heavy atom. The standard InChI is InChI=1S/C13H21N5O2S/c1-3-17(4-2)10-8-15-21(19,20)13-12(14)16-11-7-5-6-9-18(11)13/h5-7,9,15H,3-4,8,10,14H2,1-2H3. The Morgan fingerprint density at radius 2 is 2.05 bits per heavy atom. The van der Waals surface area contributed by atoms with Gasteiger partial charge in [0.15, 0.2) is 10.8 Å². The monoisotopic (exact) mass is 311 g/mol. The highest BCUT2D eigenvalue weighted by Gasteiger charge is 2.23. The lowest BCUT2D eigenvalue weighted by atomic mass is 10.5. The summed E-state index contributed by atoms with van der Waals surface area (Å²) in [6, 6.07) is 5.24. The molecule has 0 saturated carbocycles. The van der Waals surface area contributed by atoms with Gasteiger partial charge in [-0.3, -0.25) is 4.40 Å². The fraction of sp³-hybridized carbons (Fsp3) is 0.462. The Labute approximate surface area is 124 Å². The van der Waals surface area contributed by atoms with Crippen molar-refractivity contribution in [1.82, 2.24) is 19.0 Å². The van der Waals surface area contributed by atoms with E-state index in [2.05, 4.69) is 14.6 Å². The lowest BCUT2D eigenvalue weighted by Crippen LogP contribution is -2.35. The van der Waals surface area contributed by atoms with Crippen molar-refractivity contribution in [2.45, 2.75) is 18.9 Å². The Kier molecular flexibility index (Phi) is 4.81. The van der Waals surface area contributed by atoms with Gasteiger partial charge >= 0.3 is 0 Å². The Bertz CT molecular complexity index is 706. The number of nitrogens with two attached hydrogens (primary N) is 1. The molecule has 2 rings (SSSR count). The van der Waals surface area contributed by atoms with Gasteiger partial charge in [-0.15, -0.1) is 0 Å². The van der Waals surface area contributed by atoms with Crippen LogP contribution in [0, 0.1) is 0 Å². The van der Waals surface area contributed by atoms with Gasteiger partial charge in [0.05, 0.1) is 0 Å². The van der Waals surface area contributed by atoms with Gasteiger partial charge in [-0.05, 0) is 25.2 Å². The van der Waals surface area contributed by atoms with Crippen molar-refractivity contribution in [3.05, 3.63) is 24.4 Å². The van der Waals surface area contributed by atoms with Gasteiger partial charge < -0.3 is 10.6 Å². The molecular weight excluding hydrogens is 290 g/mol. The van der Waals surface area contributed by atoms with Crippen molar-refractivity contribution < 1.29 is 8.42 Å². The Balaban J connectivity index is 2.20. The van der Waals surface area contributed by atoms with Crippen LogP contribution in [0.3, 0.4) is 0 Å². The molecule has 8 heteroatoms. The molecular formula is C13H21N5O2S. The summed E-state index contributed by atoms with van der Waals surface area (Å²) in [5.74, 6) is 0.0107. The minimum absolute atomic E-state index is 0.00218. The summed E-state index contributed by atoms with van der Waals surface area (Å²) in [5, 5.41) is -0.00218. The van der Waals surface area contributed by atoms with Gasteiger partial charge in [-0.25, -0.2) is 18.1 Å². The summed E-state index contributed by atoms with van der Waals surface area (Å²) < 4.78 is 28.9. The van der Waals surface area contributed by atoms with Gasteiger partial charge in [-0.1, -0.05) is 19.9 Å². The molecule has 0 spiro atoms. The van der Waals surface area contributed by atoms with Crippen molar-refractivity contribution in [1.29, 1.82) is 0 Å². The number of nitrogens with one attached hydrogen (secondary N) is 1. The van der Waals surface area contributed by atoms with Crippen LogP contribution in [0.15, 0.2) is 29.4 Å². The average Bonchev–Trinajstić information content (AvgIpc) is 2.80. The van der Waals surface area contributed by atoms with Crippen molar-refractivity contribution >= 4 is 21.5 Å². The fourth-order valence-electron chi connectivity index (χ4n) is 2.21. The number of aromatic nitrogens is 2. The normalized spacial score (nSPS) is 12.3. The molecule has 116 valence electrons. The summed E-state index contributed by atoms with van der Waals surface area (Å²) in [7, 11) is -3.69. The molecule has 0 saturated heterocycles. The number of likely N-dealkylation sites (N-methyl/N-ethyl adjacent to an activating group) is 1. The number of fused-ring (bicyclic) bond motifs is 1. The number of rotatable bonds is 7. The SMILES string of the molecule is CCN(CC)CCNS(=O)(=O)c1c(N)nc2ccccn12. The molecule has 0 radical (unpaired) electrons. The summed E-state index contributed by atoms with van der Waals surface area (Å²) in [6.45, 7) is 6.85. The molecule has 3 N–H and O–H groups in total. The quantitative estimate of drug-likeness (QED) is 0.778. The molecule has 0 aliphatic heterocycles. The molecule has 21 heavy (non-hydrogen) atoms. The molecule has 0 amide bonds. The van der Waals surface area contributed by atoms with E-state index in [1.807, 2.05) is 13.8 Å². The fourth-order valence-corrected chi connectivity index (χ4v) is 3.44. The van der Waals surface area contributed by atoms with Gasteiger partial charge in [0.2, 0.25) is 0 Å². The molecule has 2 aromatic heterocycles. The van der Waals surface area contributed by atoms with Gasteiger partial charge in [0, 0.05) is 19.3 Å². The predicted octanol–water partition coefficient (Wildman–Crippen LogP) is 0.537. The maximum absolute atomic E-state index is 12.4. The van der Waals surface area contributed by atoms with E-state index >= 15 is 0 Å². The highest BCUT2D eigenvalue weighted by atomic mass is 32.2. The van der Waals surface area contributed by atoms with Gasteiger partial charge in [0.25, 0.3) is 10.0 Å². The maximum Gasteiger partial charge on any atom is 0.260 e. The van der Waals surface area contributed by atoms with Crippen LogP contribution in [0.2, 0.25) is 0 Å². The van der Waals surface area contributed by atoms with Crippen LogP contribution < -0.4 is 10.5 Å². The van der Waals surface area contributed by atoms with Crippen LogP contribution in [-0.4, -0.2) is 48.9 Å². The Morgan fingerprint density at radius 3 is 2.71 bits per heavy atom. The van der Waals surface area contributed by atoms with Crippen LogP contribution in [0.1, 0.15) is 13.8 Å². The van der Waals surface area contributed by atoms with Gasteiger partial charge in [-0.2, -0.15) is 0 Å². The molecule has 0 bridgehead atoms. The zero-order chi connectivity index (χ0) is 15.5. The van der Waals surface area contributed by atoms with E-state index in [4.69, 9.17) is 5.73 Å². The first-order chi connectivity index (χ1) is 9.99. The molecule has 0 fully saturated rings. The number of anilines is 1. The third-order valence-corrected chi connectivity index (χ3v) is 4.88. The third kappa shape index (κ3) is 3.34. The third-order valence-electron chi connectivity index (χ3n) is 3.38. The topological polar surface area (TPSA) is 92.7 Å². The van der Waals surface area contributed by atoms with E-state index in [9.17, 15) is 8.42 Å². The first-order valence-corrected chi connectivity index (χ1v) is 8.42. The Hall–Kier alpha value is -1.64. The first-order valence-electron chi connectivity index (χ1n) is 6.94. The number of hydrogen-bond donors (Lipinski definition) is 2. The number of sulfonamides is 1. The maximum atomic E-state index is 12.4. The molecule has 0 aliphatic rings. The lowest BCUT2D eigenvalue weighted by Gasteiger charge is -2.17. The smallest absolute Gasteiger partial charge is 0.260 e. The summed E-state index contributed by atoms with van der Waals surface area (Å²) >= 11 is 0. The van der Waals surface area contributed by atoms with E-state index in [1.54, 1.807) is 24.4 Å². The van der Waals surface area contributed by atoms with E-state index in [0.29, 0.717) is 18.7 Å². The zero-order valence-electron chi connectivity index (χ0n) is 12.3. The molecule has 0 aliphatic carbocycles. The highest BCUT2D eigenvalue weighted by Crippen LogP contribution is 2.19. The van der Waals surface area contributed by atoms with Crippen LogP contribution in [0.4, 0.5) is 5.82 Å². The number of pyridine rings is 1. The largest absolute Gasteiger partial charge is 0.381 e. The zero-order valence-corrected chi connectivity index (χ0v) is 13.1. The molecule has 0 aromatic carbocycles. The average molecular weight is 311 g/mol. The van der Waals surface area contributed by atoms with Crippen LogP contribution in [0.25, 0.3) is 5.65 Å². The van der Waals surface area contributed by atoms with Crippen molar-refractivity contribution in [2.75, 3.05) is 31.9 Å². The van der Waals surface area contributed by atoms with E-state index in [-0.39, 0.29) is 10.8 Å². The molecule has 7 nitrogen and oxygen atoms in total. The molecule has 2 heterocycles. The van der Waals surface area contributed by atoms with E-state index in [0.717, 1.165) is 13.1 Å². The number of hydrogen-bond acceptors (Lipinski definition) is 5.